The molecule has 0 saturated heterocycles. The first kappa shape index (κ1) is 12.7. The van der Waals surface area contributed by atoms with Gasteiger partial charge in [-0.1, -0.05) is 0 Å². The number of carbonyl (C=O) groups excluding carboxylic acids is 1. The average Bonchev–Trinajstić information content (AvgIpc) is 2.14. The number of benzene rings is 1. The molecule has 0 saturated carbocycles. The van der Waals surface area contributed by atoms with Gasteiger partial charge in [-0.25, -0.2) is 0 Å². The fraction of sp³-hybridized carbons (Fsp3) is 0.125. The highest BCUT2D eigenvalue weighted by molar-refractivity contribution is 7.86. The van der Waals surface area contributed by atoms with Crippen molar-refractivity contribution >= 4 is 16.4 Å². The number of hydrogen-bond donors (Lipinski definition) is 1. The SMILES string of the molecule is O=Cc1ccc(C(F)(F)F)cc1S(=O)(=O)O. The van der Waals surface area contributed by atoms with E-state index in [4.69, 9.17) is 4.55 Å². The van der Waals surface area contributed by atoms with Crippen LogP contribution in [-0.2, 0) is 16.3 Å². The van der Waals surface area contributed by atoms with E-state index in [-0.39, 0.29) is 12.4 Å². The maximum Gasteiger partial charge on any atom is 0.416 e. The number of rotatable bonds is 2. The second kappa shape index (κ2) is 3.87. The second-order valence-corrected chi connectivity index (χ2v) is 4.23. The molecule has 1 aromatic carbocycles. The number of halogens is 3. The van der Waals surface area contributed by atoms with Crippen molar-refractivity contribution in [1.82, 2.24) is 0 Å². The van der Waals surface area contributed by atoms with E-state index >= 15 is 0 Å². The van der Waals surface area contributed by atoms with E-state index in [0.29, 0.717) is 12.1 Å². The highest BCUT2D eigenvalue weighted by Crippen LogP contribution is 2.31. The van der Waals surface area contributed by atoms with E-state index in [1.165, 1.54) is 0 Å². The van der Waals surface area contributed by atoms with Gasteiger partial charge in [0.15, 0.2) is 6.29 Å². The standard InChI is InChI=1S/C8H5F3O4S/c9-8(10,11)6-2-1-5(4-12)7(3-6)16(13,14)15/h1-4H,(H,13,14,15). The summed E-state index contributed by atoms with van der Waals surface area (Å²) in [6, 6.07) is 1.44. The molecule has 4 nitrogen and oxygen atoms in total. The van der Waals surface area contributed by atoms with Crippen molar-refractivity contribution in [2.45, 2.75) is 11.1 Å². The van der Waals surface area contributed by atoms with Crippen molar-refractivity contribution in [3.05, 3.63) is 29.3 Å². The summed E-state index contributed by atoms with van der Waals surface area (Å²) in [5, 5.41) is 0. The molecule has 0 unspecified atom stereocenters. The van der Waals surface area contributed by atoms with Crippen LogP contribution in [0, 0.1) is 0 Å². The predicted octanol–water partition coefficient (Wildman–Crippen LogP) is 1.76. The lowest BCUT2D eigenvalue weighted by Gasteiger charge is -2.08. The Hall–Kier alpha value is -1.41. The molecule has 0 aliphatic carbocycles. The highest BCUT2D eigenvalue weighted by atomic mass is 32.2. The van der Waals surface area contributed by atoms with E-state index < -0.39 is 32.3 Å². The van der Waals surface area contributed by atoms with Gasteiger partial charge < -0.3 is 0 Å². The molecule has 16 heavy (non-hydrogen) atoms. The number of carbonyl (C=O) groups is 1. The van der Waals surface area contributed by atoms with Gasteiger partial charge >= 0.3 is 6.18 Å². The number of hydrogen-bond acceptors (Lipinski definition) is 3. The molecule has 1 N–H and O–H groups in total. The van der Waals surface area contributed by atoms with E-state index in [1.54, 1.807) is 0 Å². The smallest absolute Gasteiger partial charge is 0.298 e. The van der Waals surface area contributed by atoms with E-state index in [9.17, 15) is 26.4 Å². The molecule has 0 aromatic heterocycles. The third-order valence-electron chi connectivity index (χ3n) is 1.75. The molecule has 0 radical (unpaired) electrons. The van der Waals surface area contributed by atoms with Gasteiger partial charge in [-0.15, -0.1) is 0 Å². The van der Waals surface area contributed by atoms with E-state index in [2.05, 4.69) is 0 Å². The van der Waals surface area contributed by atoms with Gasteiger partial charge in [0.1, 0.15) is 4.90 Å². The molecule has 0 spiro atoms. The van der Waals surface area contributed by atoms with Gasteiger partial charge in [0.05, 0.1) is 5.56 Å². The molecule has 0 aliphatic rings. The van der Waals surface area contributed by atoms with Crippen LogP contribution in [0.25, 0.3) is 0 Å². The Kier molecular flexibility index (Phi) is 3.06. The van der Waals surface area contributed by atoms with Crippen molar-refractivity contribution in [2.24, 2.45) is 0 Å². The average molecular weight is 254 g/mol. The fourth-order valence-corrected chi connectivity index (χ4v) is 1.72. The van der Waals surface area contributed by atoms with Gasteiger partial charge in [0.2, 0.25) is 0 Å². The highest BCUT2D eigenvalue weighted by Gasteiger charge is 2.32. The van der Waals surface area contributed by atoms with Crippen molar-refractivity contribution in [3.8, 4) is 0 Å². The van der Waals surface area contributed by atoms with Gasteiger partial charge in [0, 0.05) is 5.56 Å². The van der Waals surface area contributed by atoms with Gasteiger partial charge in [-0.05, 0) is 18.2 Å². The predicted molar refractivity (Wildman–Crippen MR) is 46.6 cm³/mol. The summed E-state index contributed by atoms with van der Waals surface area (Å²) in [7, 11) is -4.86. The summed E-state index contributed by atoms with van der Waals surface area (Å²) < 4.78 is 66.8. The first-order valence-corrected chi connectivity index (χ1v) is 5.24. The molecule has 0 aliphatic heterocycles. The monoisotopic (exact) mass is 254 g/mol. The zero-order chi connectivity index (χ0) is 12.6. The lowest BCUT2D eigenvalue weighted by molar-refractivity contribution is -0.137. The minimum atomic E-state index is -4.86. The zero-order valence-corrected chi connectivity index (χ0v) is 8.34. The van der Waals surface area contributed by atoms with Gasteiger partial charge in [0.25, 0.3) is 10.1 Å². The largest absolute Gasteiger partial charge is 0.416 e. The Balaban J connectivity index is 3.52. The molecular formula is C8H5F3O4S. The van der Waals surface area contributed by atoms with Crippen molar-refractivity contribution in [1.29, 1.82) is 0 Å². The van der Waals surface area contributed by atoms with Crippen LogP contribution in [0.2, 0.25) is 0 Å². The van der Waals surface area contributed by atoms with Gasteiger partial charge in [-0.2, -0.15) is 21.6 Å². The first-order chi connectivity index (χ1) is 7.16. The normalized spacial score (nSPS) is 12.5. The lowest BCUT2D eigenvalue weighted by Crippen LogP contribution is -2.09. The van der Waals surface area contributed by atoms with Crippen molar-refractivity contribution < 1.29 is 30.9 Å². The molecule has 0 fully saturated rings. The topological polar surface area (TPSA) is 71.4 Å². The van der Waals surface area contributed by atoms with E-state index in [0.717, 1.165) is 0 Å². The summed E-state index contributed by atoms with van der Waals surface area (Å²) in [5.74, 6) is 0. The van der Waals surface area contributed by atoms with Crippen LogP contribution in [-0.4, -0.2) is 19.3 Å². The third kappa shape index (κ3) is 2.58. The molecule has 88 valence electrons. The zero-order valence-electron chi connectivity index (χ0n) is 7.52. The summed E-state index contributed by atoms with van der Waals surface area (Å²) >= 11 is 0. The van der Waals surface area contributed by atoms with Crippen molar-refractivity contribution in [3.63, 3.8) is 0 Å². The summed E-state index contributed by atoms with van der Waals surface area (Å²) in [4.78, 5) is 9.32. The second-order valence-electron chi connectivity index (χ2n) is 2.84. The van der Waals surface area contributed by atoms with Crippen molar-refractivity contribution in [2.75, 3.05) is 0 Å². The molecule has 1 aromatic rings. The molecule has 8 heteroatoms. The minimum Gasteiger partial charge on any atom is -0.298 e. The molecule has 1 rings (SSSR count). The van der Waals surface area contributed by atoms with Crippen LogP contribution < -0.4 is 0 Å². The third-order valence-corrected chi connectivity index (χ3v) is 2.66. The maximum absolute atomic E-state index is 12.2. The van der Waals surface area contributed by atoms with Crippen LogP contribution in [0.3, 0.4) is 0 Å². The quantitative estimate of drug-likeness (QED) is 0.644. The maximum atomic E-state index is 12.2. The summed E-state index contributed by atoms with van der Waals surface area (Å²) in [5.41, 5.74) is -1.79. The Labute approximate surface area is 88.4 Å². The molecule has 0 bridgehead atoms. The van der Waals surface area contributed by atoms with E-state index in [1.807, 2.05) is 0 Å². The number of aldehydes is 1. The molecule has 0 heterocycles. The van der Waals surface area contributed by atoms with Crippen LogP contribution in [0.1, 0.15) is 15.9 Å². The lowest BCUT2D eigenvalue weighted by atomic mass is 10.1. The Bertz CT molecular complexity index is 519. The number of alkyl halides is 3. The fourth-order valence-electron chi connectivity index (χ4n) is 1.03. The molecule has 0 atom stereocenters. The minimum absolute atomic E-state index is 0.0449. The van der Waals surface area contributed by atoms with Crippen LogP contribution in [0.15, 0.2) is 23.1 Å². The molecular weight excluding hydrogens is 249 g/mol. The Morgan fingerprint density at radius 3 is 2.19 bits per heavy atom. The van der Waals surface area contributed by atoms with Gasteiger partial charge in [-0.3, -0.25) is 9.35 Å². The molecule has 0 amide bonds. The summed E-state index contributed by atoms with van der Waals surface area (Å²) in [6.45, 7) is 0. The van der Waals surface area contributed by atoms with Crippen LogP contribution >= 0.6 is 0 Å². The Morgan fingerprint density at radius 2 is 1.81 bits per heavy atom. The van der Waals surface area contributed by atoms with Crippen LogP contribution in [0.5, 0.6) is 0 Å². The summed E-state index contributed by atoms with van der Waals surface area (Å²) in [6.07, 6.45) is -4.70. The first-order valence-electron chi connectivity index (χ1n) is 3.80. The Morgan fingerprint density at radius 1 is 1.25 bits per heavy atom. The van der Waals surface area contributed by atoms with Crippen LogP contribution in [0.4, 0.5) is 13.2 Å².